The Hall–Kier alpha value is 0.158. The topological polar surface area (TPSA) is 37.3 Å². The number of rotatable bonds is 16. The summed E-state index contributed by atoms with van der Waals surface area (Å²) in [6, 6.07) is 0. The number of carbonyl (C=O) groups is 1. The second-order valence-corrected chi connectivity index (χ2v) is 6.09. The van der Waals surface area contributed by atoms with Crippen LogP contribution in [0.2, 0.25) is 0 Å². The van der Waals surface area contributed by atoms with Gasteiger partial charge in [-0.2, -0.15) is 0 Å². The molecule has 0 fully saturated rings. The van der Waals surface area contributed by atoms with E-state index in [-0.39, 0.29) is 21.1 Å². The largest absolute Gasteiger partial charge is 0.481 e. The van der Waals surface area contributed by atoms with Gasteiger partial charge in [0.05, 0.1) is 0 Å². The minimum atomic E-state index is -0.653. The Bertz CT molecular complexity index is 207. The Morgan fingerprint density at radius 2 is 0.905 bits per heavy atom. The summed E-state index contributed by atoms with van der Waals surface area (Å²) >= 11 is 0. The fourth-order valence-corrected chi connectivity index (χ4v) is 2.65. The zero-order valence-corrected chi connectivity index (χ0v) is 16.1. The molecule has 0 saturated carbocycles. The molecule has 0 spiro atoms. The summed E-state index contributed by atoms with van der Waals surface area (Å²) in [5.41, 5.74) is 0. The molecule has 0 atom stereocenters. The molecule has 0 bridgehead atoms. The van der Waals surface area contributed by atoms with E-state index >= 15 is 0 Å². The summed E-state index contributed by atoms with van der Waals surface area (Å²) in [6.45, 7) is 2.27. The van der Waals surface area contributed by atoms with E-state index in [1.54, 1.807) is 0 Å². The maximum absolute atomic E-state index is 10.3. The molecule has 0 amide bonds. The van der Waals surface area contributed by atoms with Gasteiger partial charge in [0, 0.05) is 27.5 Å². The molecule has 0 aliphatic rings. The van der Waals surface area contributed by atoms with E-state index in [2.05, 4.69) is 6.92 Å². The number of carboxylic acid groups (broad SMARTS) is 1. The van der Waals surface area contributed by atoms with Crippen LogP contribution in [0.3, 0.4) is 0 Å². The van der Waals surface area contributed by atoms with Crippen molar-refractivity contribution in [3.05, 3.63) is 0 Å². The smallest absolute Gasteiger partial charge is 0.303 e. The van der Waals surface area contributed by atoms with Crippen molar-refractivity contribution in [3.63, 3.8) is 0 Å². The Balaban J connectivity index is 0. The zero-order valence-electron chi connectivity index (χ0n) is 14.1. The van der Waals surface area contributed by atoms with E-state index in [1.165, 1.54) is 83.5 Å². The molecule has 0 rings (SSSR count). The van der Waals surface area contributed by atoms with Crippen molar-refractivity contribution in [2.45, 2.75) is 110 Å². The van der Waals surface area contributed by atoms with Crippen molar-refractivity contribution in [1.82, 2.24) is 0 Å². The molecule has 0 aromatic rings. The predicted octanol–water partition coefficient (Wildman–Crippen LogP) is 6.33. The number of carboxylic acids is 1. The number of hydrogen-bond donors (Lipinski definition) is 1. The van der Waals surface area contributed by atoms with Gasteiger partial charge in [-0.15, -0.1) is 0 Å². The molecule has 0 heterocycles. The van der Waals surface area contributed by atoms with Crippen LogP contribution in [0.4, 0.5) is 0 Å². The predicted molar refractivity (Wildman–Crippen MR) is 87.2 cm³/mol. The fourth-order valence-electron chi connectivity index (χ4n) is 2.65. The third kappa shape index (κ3) is 22.6. The standard InChI is InChI=1S/C18H36O2.Mo/c1-2-3-4-5-6-7-8-9-10-11-12-13-14-15-16-17-18(19)20;/h2-17H2,1H3,(H,19,20);. The maximum atomic E-state index is 10.3. The van der Waals surface area contributed by atoms with E-state index in [1.807, 2.05) is 0 Å². The summed E-state index contributed by atoms with van der Waals surface area (Å²) < 4.78 is 0. The maximum Gasteiger partial charge on any atom is 0.303 e. The first-order valence-electron chi connectivity index (χ1n) is 8.99. The normalized spacial score (nSPS) is 10.3. The van der Waals surface area contributed by atoms with Crippen LogP contribution in [0.5, 0.6) is 0 Å². The van der Waals surface area contributed by atoms with Gasteiger partial charge >= 0.3 is 5.97 Å². The van der Waals surface area contributed by atoms with Gasteiger partial charge in [0.1, 0.15) is 0 Å². The van der Waals surface area contributed by atoms with Gasteiger partial charge in [-0.25, -0.2) is 0 Å². The van der Waals surface area contributed by atoms with Gasteiger partial charge in [0.2, 0.25) is 0 Å². The summed E-state index contributed by atoms with van der Waals surface area (Å²) in [5.74, 6) is -0.653. The first-order chi connectivity index (χ1) is 9.77. The van der Waals surface area contributed by atoms with Crippen LogP contribution >= 0.6 is 0 Å². The van der Waals surface area contributed by atoms with Gasteiger partial charge < -0.3 is 5.11 Å². The monoisotopic (exact) mass is 382 g/mol. The molecule has 0 aliphatic heterocycles. The van der Waals surface area contributed by atoms with Gasteiger partial charge in [-0.3, -0.25) is 4.79 Å². The van der Waals surface area contributed by atoms with Crippen LogP contribution in [0.15, 0.2) is 0 Å². The Kier molecular flexibility index (Phi) is 22.5. The van der Waals surface area contributed by atoms with Crippen molar-refractivity contribution in [1.29, 1.82) is 0 Å². The van der Waals surface area contributed by atoms with Crippen LogP contribution in [-0.2, 0) is 25.9 Å². The molecule has 21 heavy (non-hydrogen) atoms. The molecule has 126 valence electrons. The minimum Gasteiger partial charge on any atom is -0.481 e. The van der Waals surface area contributed by atoms with E-state index in [9.17, 15) is 4.79 Å². The summed E-state index contributed by atoms with van der Waals surface area (Å²) in [7, 11) is 0. The van der Waals surface area contributed by atoms with E-state index in [0.717, 1.165) is 12.8 Å². The van der Waals surface area contributed by atoms with Crippen LogP contribution in [0, 0.1) is 0 Å². The second kappa shape index (κ2) is 20.2. The van der Waals surface area contributed by atoms with Crippen LogP contribution < -0.4 is 0 Å². The fraction of sp³-hybridized carbons (Fsp3) is 0.944. The summed E-state index contributed by atoms with van der Waals surface area (Å²) in [5, 5.41) is 8.52. The number of aliphatic carboxylic acids is 1. The summed E-state index contributed by atoms with van der Waals surface area (Å²) in [4.78, 5) is 10.3. The molecule has 0 aromatic heterocycles. The van der Waals surface area contributed by atoms with Crippen LogP contribution in [0.1, 0.15) is 110 Å². The van der Waals surface area contributed by atoms with Crippen LogP contribution in [-0.4, -0.2) is 11.1 Å². The van der Waals surface area contributed by atoms with Crippen LogP contribution in [0.25, 0.3) is 0 Å². The van der Waals surface area contributed by atoms with E-state index in [0.29, 0.717) is 6.42 Å². The molecule has 2 nitrogen and oxygen atoms in total. The first kappa shape index (κ1) is 23.4. The number of unbranched alkanes of at least 4 members (excludes halogenated alkanes) is 14. The summed E-state index contributed by atoms with van der Waals surface area (Å²) in [6.07, 6.45) is 20.2. The second-order valence-electron chi connectivity index (χ2n) is 6.09. The molecule has 3 heteroatoms. The van der Waals surface area contributed by atoms with Crippen molar-refractivity contribution in [2.24, 2.45) is 0 Å². The molecule has 1 N–H and O–H groups in total. The molecule has 0 radical (unpaired) electrons. The third-order valence-corrected chi connectivity index (χ3v) is 3.99. The molecule has 0 unspecified atom stereocenters. The van der Waals surface area contributed by atoms with E-state index in [4.69, 9.17) is 5.11 Å². The van der Waals surface area contributed by atoms with Gasteiger partial charge in [-0.05, 0) is 6.42 Å². The zero-order chi connectivity index (χ0) is 14.9. The van der Waals surface area contributed by atoms with E-state index < -0.39 is 5.97 Å². The van der Waals surface area contributed by atoms with Crippen molar-refractivity contribution >= 4 is 5.97 Å². The third-order valence-electron chi connectivity index (χ3n) is 3.99. The van der Waals surface area contributed by atoms with Gasteiger partial charge in [0.25, 0.3) is 0 Å². The molecular formula is C18H36MoO2. The average molecular weight is 380 g/mol. The van der Waals surface area contributed by atoms with Gasteiger partial charge in [-0.1, -0.05) is 96.8 Å². The van der Waals surface area contributed by atoms with Gasteiger partial charge in [0.15, 0.2) is 0 Å². The van der Waals surface area contributed by atoms with Crippen molar-refractivity contribution in [3.8, 4) is 0 Å². The molecular weight excluding hydrogens is 344 g/mol. The SMILES string of the molecule is CCCCCCCCCCCCCCCCCC(=O)O.[Mo]. The quantitative estimate of drug-likeness (QED) is 0.251. The molecule has 0 saturated heterocycles. The minimum absolute atomic E-state index is 0. The number of hydrogen-bond acceptors (Lipinski definition) is 1. The van der Waals surface area contributed by atoms with Crippen molar-refractivity contribution in [2.75, 3.05) is 0 Å². The van der Waals surface area contributed by atoms with Crippen molar-refractivity contribution < 1.29 is 31.0 Å². The molecule has 0 aliphatic carbocycles. The Morgan fingerprint density at radius 3 is 1.19 bits per heavy atom. The average Bonchev–Trinajstić information content (AvgIpc) is 2.43. The first-order valence-corrected chi connectivity index (χ1v) is 8.99. The molecule has 0 aromatic carbocycles. The Morgan fingerprint density at radius 1 is 0.619 bits per heavy atom. The Labute approximate surface area is 146 Å².